The number of rotatable bonds is 3. The van der Waals surface area contributed by atoms with E-state index in [9.17, 15) is 4.79 Å². The summed E-state index contributed by atoms with van der Waals surface area (Å²) in [5.41, 5.74) is 4.47. The van der Waals surface area contributed by atoms with E-state index in [0.717, 1.165) is 22.3 Å². The topological polar surface area (TPSA) is 61.9 Å². The molecule has 6 heteroatoms. The standard InChI is InChI=1S/C15H16N4O2/c1-10-14-13(18(2)16-10)9-19(17-14)8-11-4-6-12(7-5-11)15(20)21-3/h4-7,9H,8H2,1-3H3. The molecule has 0 fully saturated rings. The Hall–Kier alpha value is -2.63. The molecule has 108 valence electrons. The van der Waals surface area contributed by atoms with Gasteiger partial charge < -0.3 is 4.74 Å². The number of benzene rings is 1. The zero-order chi connectivity index (χ0) is 15.0. The van der Waals surface area contributed by atoms with Crippen molar-refractivity contribution in [3.8, 4) is 0 Å². The fourth-order valence-electron chi connectivity index (χ4n) is 2.36. The summed E-state index contributed by atoms with van der Waals surface area (Å²) >= 11 is 0. The predicted octanol–water partition coefficient (Wildman–Crippen LogP) is 1.91. The van der Waals surface area contributed by atoms with Gasteiger partial charge in [0.05, 0.1) is 31.1 Å². The first kappa shape index (κ1) is 13.4. The third-order valence-corrected chi connectivity index (χ3v) is 3.45. The van der Waals surface area contributed by atoms with Crippen molar-refractivity contribution in [3.05, 3.63) is 47.3 Å². The van der Waals surface area contributed by atoms with Crippen LogP contribution in [0.4, 0.5) is 0 Å². The summed E-state index contributed by atoms with van der Waals surface area (Å²) in [6.07, 6.45) is 1.98. The van der Waals surface area contributed by atoms with E-state index in [1.165, 1.54) is 7.11 Å². The summed E-state index contributed by atoms with van der Waals surface area (Å²) in [4.78, 5) is 11.4. The molecular weight excluding hydrogens is 268 g/mol. The number of aryl methyl sites for hydroxylation is 2. The minimum Gasteiger partial charge on any atom is -0.465 e. The quantitative estimate of drug-likeness (QED) is 0.689. The molecule has 0 amide bonds. The zero-order valence-electron chi connectivity index (χ0n) is 12.2. The first-order valence-electron chi connectivity index (χ1n) is 6.62. The molecule has 0 aliphatic rings. The summed E-state index contributed by atoms with van der Waals surface area (Å²) in [5.74, 6) is -0.326. The van der Waals surface area contributed by atoms with Gasteiger partial charge in [0.15, 0.2) is 0 Å². The van der Waals surface area contributed by atoms with E-state index in [4.69, 9.17) is 0 Å². The maximum Gasteiger partial charge on any atom is 0.337 e. The fraction of sp³-hybridized carbons (Fsp3) is 0.267. The van der Waals surface area contributed by atoms with Gasteiger partial charge in [-0.05, 0) is 24.6 Å². The number of hydrogen-bond donors (Lipinski definition) is 0. The van der Waals surface area contributed by atoms with E-state index in [2.05, 4.69) is 14.9 Å². The second-order valence-corrected chi connectivity index (χ2v) is 4.96. The number of aromatic nitrogens is 4. The molecule has 6 nitrogen and oxygen atoms in total. The van der Waals surface area contributed by atoms with Gasteiger partial charge in [-0.2, -0.15) is 10.2 Å². The van der Waals surface area contributed by atoms with Crippen molar-refractivity contribution in [2.75, 3.05) is 7.11 Å². The Balaban J connectivity index is 1.84. The summed E-state index contributed by atoms with van der Waals surface area (Å²) < 4.78 is 8.39. The zero-order valence-corrected chi connectivity index (χ0v) is 12.2. The third kappa shape index (κ3) is 2.40. The van der Waals surface area contributed by atoms with Crippen molar-refractivity contribution in [2.45, 2.75) is 13.5 Å². The summed E-state index contributed by atoms with van der Waals surface area (Å²) in [5, 5.41) is 8.87. The van der Waals surface area contributed by atoms with E-state index >= 15 is 0 Å². The molecule has 3 aromatic rings. The van der Waals surface area contributed by atoms with Crippen molar-refractivity contribution < 1.29 is 9.53 Å². The minimum absolute atomic E-state index is 0.326. The normalized spacial score (nSPS) is 11.0. The highest BCUT2D eigenvalue weighted by Crippen LogP contribution is 2.16. The first-order chi connectivity index (χ1) is 10.1. The number of carbonyl (C=O) groups is 1. The molecule has 0 aliphatic carbocycles. The average Bonchev–Trinajstić information content (AvgIpc) is 3.01. The van der Waals surface area contributed by atoms with Gasteiger partial charge >= 0.3 is 5.97 Å². The Kier molecular flexibility index (Phi) is 3.21. The van der Waals surface area contributed by atoms with E-state index in [-0.39, 0.29) is 5.97 Å². The Bertz CT molecular complexity index is 765. The van der Waals surface area contributed by atoms with Crippen molar-refractivity contribution in [3.63, 3.8) is 0 Å². The average molecular weight is 284 g/mol. The fourth-order valence-corrected chi connectivity index (χ4v) is 2.36. The first-order valence-corrected chi connectivity index (χ1v) is 6.62. The number of ether oxygens (including phenoxy) is 1. The van der Waals surface area contributed by atoms with Gasteiger partial charge in [-0.25, -0.2) is 4.79 Å². The number of fused-ring (bicyclic) bond motifs is 1. The summed E-state index contributed by atoms with van der Waals surface area (Å²) in [7, 11) is 3.29. The number of carbonyl (C=O) groups excluding carboxylic acids is 1. The highest BCUT2D eigenvalue weighted by molar-refractivity contribution is 5.89. The Morgan fingerprint density at radius 1 is 1.24 bits per heavy atom. The van der Waals surface area contributed by atoms with Crippen LogP contribution < -0.4 is 0 Å². The Morgan fingerprint density at radius 3 is 2.57 bits per heavy atom. The lowest BCUT2D eigenvalue weighted by Gasteiger charge is -2.03. The highest BCUT2D eigenvalue weighted by atomic mass is 16.5. The van der Waals surface area contributed by atoms with Crippen molar-refractivity contribution >= 4 is 17.0 Å². The van der Waals surface area contributed by atoms with Crippen LogP contribution in [0.25, 0.3) is 11.0 Å². The molecule has 0 saturated carbocycles. The number of esters is 1. The number of hydrogen-bond acceptors (Lipinski definition) is 4. The van der Waals surface area contributed by atoms with Crippen LogP contribution in [0.1, 0.15) is 21.6 Å². The SMILES string of the molecule is COC(=O)c1ccc(Cn2cc3c(n2)c(C)nn3C)cc1. The Morgan fingerprint density at radius 2 is 1.95 bits per heavy atom. The van der Waals surface area contributed by atoms with E-state index in [1.807, 2.05) is 41.7 Å². The van der Waals surface area contributed by atoms with Gasteiger partial charge in [0.25, 0.3) is 0 Å². The highest BCUT2D eigenvalue weighted by Gasteiger charge is 2.10. The van der Waals surface area contributed by atoms with Gasteiger partial charge in [-0.1, -0.05) is 12.1 Å². The van der Waals surface area contributed by atoms with Gasteiger partial charge in [0.2, 0.25) is 0 Å². The molecule has 1 aromatic carbocycles. The van der Waals surface area contributed by atoms with E-state index < -0.39 is 0 Å². The maximum absolute atomic E-state index is 11.4. The molecule has 0 bridgehead atoms. The molecule has 0 radical (unpaired) electrons. The maximum atomic E-state index is 11.4. The Labute approximate surface area is 121 Å². The summed E-state index contributed by atoms with van der Waals surface area (Å²) in [6, 6.07) is 7.34. The minimum atomic E-state index is -0.326. The van der Waals surface area contributed by atoms with Crippen LogP contribution in [0, 0.1) is 6.92 Å². The predicted molar refractivity (Wildman–Crippen MR) is 78.1 cm³/mol. The molecule has 0 spiro atoms. The smallest absolute Gasteiger partial charge is 0.337 e. The molecule has 21 heavy (non-hydrogen) atoms. The second-order valence-electron chi connectivity index (χ2n) is 4.96. The lowest BCUT2D eigenvalue weighted by molar-refractivity contribution is 0.0600. The van der Waals surface area contributed by atoms with E-state index in [0.29, 0.717) is 12.1 Å². The molecule has 2 heterocycles. The molecule has 0 unspecified atom stereocenters. The molecule has 2 aromatic heterocycles. The van der Waals surface area contributed by atoms with Gasteiger partial charge in [0, 0.05) is 7.05 Å². The van der Waals surface area contributed by atoms with Gasteiger partial charge in [-0.3, -0.25) is 9.36 Å². The van der Waals surface area contributed by atoms with Crippen molar-refractivity contribution in [2.24, 2.45) is 7.05 Å². The van der Waals surface area contributed by atoms with Crippen molar-refractivity contribution in [1.82, 2.24) is 19.6 Å². The van der Waals surface area contributed by atoms with Crippen LogP contribution in [-0.4, -0.2) is 32.6 Å². The lowest BCUT2D eigenvalue weighted by atomic mass is 10.1. The third-order valence-electron chi connectivity index (χ3n) is 3.45. The van der Waals surface area contributed by atoms with E-state index in [1.54, 1.807) is 12.1 Å². The molecule has 0 N–H and O–H groups in total. The van der Waals surface area contributed by atoms with Crippen LogP contribution in [0.15, 0.2) is 30.5 Å². The van der Waals surface area contributed by atoms with Crippen LogP contribution in [0.5, 0.6) is 0 Å². The molecular formula is C15H16N4O2. The molecule has 3 rings (SSSR count). The van der Waals surface area contributed by atoms with Crippen LogP contribution in [-0.2, 0) is 18.3 Å². The second kappa shape index (κ2) is 5.05. The monoisotopic (exact) mass is 284 g/mol. The lowest BCUT2D eigenvalue weighted by Crippen LogP contribution is -2.03. The van der Waals surface area contributed by atoms with Crippen LogP contribution in [0.3, 0.4) is 0 Å². The molecule has 0 aliphatic heterocycles. The largest absolute Gasteiger partial charge is 0.465 e. The molecule has 0 saturated heterocycles. The van der Waals surface area contributed by atoms with Crippen molar-refractivity contribution in [1.29, 1.82) is 0 Å². The molecule has 0 atom stereocenters. The van der Waals surface area contributed by atoms with Gasteiger partial charge in [0.1, 0.15) is 11.0 Å². The number of nitrogens with zero attached hydrogens (tertiary/aromatic N) is 4. The number of methoxy groups -OCH3 is 1. The summed E-state index contributed by atoms with van der Waals surface area (Å²) in [6.45, 7) is 2.60. The van der Waals surface area contributed by atoms with Crippen LogP contribution >= 0.6 is 0 Å². The van der Waals surface area contributed by atoms with Gasteiger partial charge in [-0.15, -0.1) is 0 Å². The van der Waals surface area contributed by atoms with Crippen LogP contribution in [0.2, 0.25) is 0 Å².